The molecule has 0 aliphatic carbocycles. The van der Waals surface area contributed by atoms with Gasteiger partial charge in [-0.25, -0.2) is 0 Å². The second-order valence-corrected chi connectivity index (χ2v) is 6.48. The topological polar surface area (TPSA) is 70.7 Å². The predicted molar refractivity (Wildman–Crippen MR) is 92.2 cm³/mol. The number of ether oxygens (including phenoxy) is 1. The molecule has 2 saturated heterocycles. The number of anilines is 1. The van der Waals surface area contributed by atoms with Gasteiger partial charge in [-0.1, -0.05) is 6.07 Å². The number of carbonyl (C=O) groups is 2. The molecule has 130 valence electrons. The van der Waals surface area contributed by atoms with Crippen molar-refractivity contribution < 1.29 is 14.3 Å². The minimum absolute atomic E-state index is 0.00604. The fourth-order valence-corrected chi connectivity index (χ4v) is 3.19. The second kappa shape index (κ2) is 7.77. The monoisotopic (exact) mass is 331 g/mol. The molecular weight excluding hydrogens is 306 g/mol. The number of nitrogens with zero attached hydrogens (tertiary/aromatic N) is 1. The van der Waals surface area contributed by atoms with E-state index < -0.39 is 0 Å². The summed E-state index contributed by atoms with van der Waals surface area (Å²) >= 11 is 0. The van der Waals surface area contributed by atoms with Gasteiger partial charge in [-0.05, 0) is 44.0 Å². The van der Waals surface area contributed by atoms with Gasteiger partial charge < -0.3 is 20.3 Å². The quantitative estimate of drug-likeness (QED) is 0.878. The molecule has 2 heterocycles. The Morgan fingerprint density at radius 3 is 2.83 bits per heavy atom. The summed E-state index contributed by atoms with van der Waals surface area (Å²) < 4.78 is 5.29. The predicted octanol–water partition coefficient (Wildman–Crippen LogP) is 1.55. The summed E-state index contributed by atoms with van der Waals surface area (Å²) in [7, 11) is 0. The highest BCUT2D eigenvalue weighted by Crippen LogP contribution is 2.20. The summed E-state index contributed by atoms with van der Waals surface area (Å²) in [4.78, 5) is 26.6. The number of morpholine rings is 1. The lowest BCUT2D eigenvalue weighted by molar-refractivity contribution is -0.116. The molecule has 2 fully saturated rings. The summed E-state index contributed by atoms with van der Waals surface area (Å²) in [5.41, 5.74) is 2.29. The number of hydrogen-bond donors (Lipinski definition) is 2. The Labute approximate surface area is 142 Å². The van der Waals surface area contributed by atoms with Crippen LogP contribution in [0.25, 0.3) is 0 Å². The van der Waals surface area contributed by atoms with Crippen LogP contribution in [-0.2, 0) is 9.53 Å². The standard InChI is InChI=1S/C18H25N3O3/c1-13-4-5-14(18(23)21-7-9-24-10-8-21)11-16(13)20-17(22)12-15-3-2-6-19-15/h4-5,11,15,19H,2-3,6-10,12H2,1H3,(H,20,22). The molecule has 0 bridgehead atoms. The van der Waals surface area contributed by atoms with Gasteiger partial charge in [0.1, 0.15) is 0 Å². The van der Waals surface area contributed by atoms with Gasteiger partial charge in [0, 0.05) is 36.8 Å². The molecule has 24 heavy (non-hydrogen) atoms. The zero-order valence-electron chi connectivity index (χ0n) is 14.1. The van der Waals surface area contributed by atoms with Crippen molar-refractivity contribution in [1.29, 1.82) is 0 Å². The molecule has 3 rings (SSSR count). The van der Waals surface area contributed by atoms with Crippen LogP contribution in [-0.4, -0.2) is 55.6 Å². The van der Waals surface area contributed by atoms with Gasteiger partial charge in [0.05, 0.1) is 13.2 Å². The molecule has 2 N–H and O–H groups in total. The molecule has 1 aromatic rings. The van der Waals surface area contributed by atoms with Crippen molar-refractivity contribution in [3.05, 3.63) is 29.3 Å². The van der Waals surface area contributed by atoms with Crippen molar-refractivity contribution in [1.82, 2.24) is 10.2 Å². The molecule has 0 aromatic heterocycles. The molecule has 0 saturated carbocycles. The van der Waals surface area contributed by atoms with E-state index in [1.807, 2.05) is 19.1 Å². The largest absolute Gasteiger partial charge is 0.378 e. The lowest BCUT2D eigenvalue weighted by Crippen LogP contribution is -2.40. The molecule has 6 heteroatoms. The number of aryl methyl sites for hydroxylation is 1. The molecule has 6 nitrogen and oxygen atoms in total. The van der Waals surface area contributed by atoms with Crippen LogP contribution in [0.3, 0.4) is 0 Å². The first-order chi connectivity index (χ1) is 11.6. The lowest BCUT2D eigenvalue weighted by atomic mass is 10.1. The Bertz CT molecular complexity index is 606. The van der Waals surface area contributed by atoms with E-state index >= 15 is 0 Å². The van der Waals surface area contributed by atoms with Crippen LogP contribution in [0.1, 0.15) is 35.2 Å². The van der Waals surface area contributed by atoms with Crippen LogP contribution in [0.15, 0.2) is 18.2 Å². The van der Waals surface area contributed by atoms with Gasteiger partial charge in [-0.15, -0.1) is 0 Å². The van der Waals surface area contributed by atoms with E-state index in [2.05, 4.69) is 10.6 Å². The molecule has 1 aromatic carbocycles. The molecular formula is C18H25N3O3. The summed E-state index contributed by atoms with van der Waals surface area (Å²) in [6, 6.07) is 5.76. The Kier molecular flexibility index (Phi) is 5.48. The second-order valence-electron chi connectivity index (χ2n) is 6.48. The summed E-state index contributed by atoms with van der Waals surface area (Å²) in [6.07, 6.45) is 2.64. The summed E-state index contributed by atoms with van der Waals surface area (Å²) in [6.45, 7) is 5.31. The van der Waals surface area contributed by atoms with Crippen molar-refractivity contribution >= 4 is 17.5 Å². The number of hydrogen-bond acceptors (Lipinski definition) is 4. The van der Waals surface area contributed by atoms with E-state index in [1.165, 1.54) is 0 Å². The van der Waals surface area contributed by atoms with E-state index in [0.29, 0.717) is 38.3 Å². The van der Waals surface area contributed by atoms with E-state index in [4.69, 9.17) is 4.74 Å². The van der Waals surface area contributed by atoms with Crippen molar-refractivity contribution in [3.63, 3.8) is 0 Å². The van der Waals surface area contributed by atoms with Crippen molar-refractivity contribution in [2.75, 3.05) is 38.2 Å². The fraction of sp³-hybridized carbons (Fsp3) is 0.556. The van der Waals surface area contributed by atoms with E-state index in [9.17, 15) is 9.59 Å². The third-order valence-corrected chi connectivity index (χ3v) is 4.65. The molecule has 1 unspecified atom stereocenters. The van der Waals surface area contributed by atoms with Gasteiger partial charge in [-0.2, -0.15) is 0 Å². The van der Waals surface area contributed by atoms with Crippen LogP contribution in [0.2, 0.25) is 0 Å². The average molecular weight is 331 g/mol. The first-order valence-electron chi connectivity index (χ1n) is 8.64. The number of amides is 2. The Hall–Kier alpha value is -1.92. The smallest absolute Gasteiger partial charge is 0.254 e. The fourth-order valence-electron chi connectivity index (χ4n) is 3.19. The minimum atomic E-state index is -0.00809. The molecule has 2 aliphatic heterocycles. The number of benzene rings is 1. The normalized spacial score (nSPS) is 20.9. The first-order valence-corrected chi connectivity index (χ1v) is 8.64. The first kappa shape index (κ1) is 16.9. The highest BCUT2D eigenvalue weighted by atomic mass is 16.5. The van der Waals surface area contributed by atoms with Crippen molar-refractivity contribution in [2.24, 2.45) is 0 Å². The van der Waals surface area contributed by atoms with Crippen molar-refractivity contribution in [3.8, 4) is 0 Å². The van der Waals surface area contributed by atoms with Gasteiger partial charge in [0.2, 0.25) is 5.91 Å². The molecule has 2 aliphatic rings. The molecule has 0 radical (unpaired) electrons. The third-order valence-electron chi connectivity index (χ3n) is 4.65. The summed E-state index contributed by atoms with van der Waals surface area (Å²) in [5, 5.41) is 6.29. The Morgan fingerprint density at radius 1 is 1.33 bits per heavy atom. The molecule has 2 amide bonds. The number of rotatable bonds is 4. The highest BCUT2D eigenvalue weighted by Gasteiger charge is 2.21. The van der Waals surface area contributed by atoms with E-state index in [0.717, 1.165) is 30.6 Å². The van der Waals surface area contributed by atoms with Gasteiger partial charge >= 0.3 is 0 Å². The van der Waals surface area contributed by atoms with Gasteiger partial charge in [0.25, 0.3) is 5.91 Å². The number of nitrogens with one attached hydrogen (secondary N) is 2. The van der Waals surface area contributed by atoms with Crippen LogP contribution >= 0.6 is 0 Å². The van der Waals surface area contributed by atoms with Crippen molar-refractivity contribution in [2.45, 2.75) is 32.2 Å². The van der Waals surface area contributed by atoms with E-state index in [1.54, 1.807) is 11.0 Å². The lowest BCUT2D eigenvalue weighted by Gasteiger charge is -2.27. The Morgan fingerprint density at radius 2 is 2.12 bits per heavy atom. The van der Waals surface area contributed by atoms with Crippen LogP contribution in [0, 0.1) is 6.92 Å². The maximum atomic E-state index is 12.6. The maximum absolute atomic E-state index is 12.6. The highest BCUT2D eigenvalue weighted by molar-refractivity contribution is 5.98. The van der Waals surface area contributed by atoms with Crippen LogP contribution < -0.4 is 10.6 Å². The SMILES string of the molecule is Cc1ccc(C(=O)N2CCOCC2)cc1NC(=O)CC1CCCN1. The summed E-state index contributed by atoms with van der Waals surface area (Å²) in [5.74, 6) is -0.0141. The molecule has 0 spiro atoms. The number of carbonyl (C=O) groups excluding carboxylic acids is 2. The zero-order valence-corrected chi connectivity index (χ0v) is 14.1. The molecule has 1 atom stereocenters. The van der Waals surface area contributed by atoms with Gasteiger partial charge in [-0.3, -0.25) is 9.59 Å². The maximum Gasteiger partial charge on any atom is 0.254 e. The Balaban J connectivity index is 1.66. The minimum Gasteiger partial charge on any atom is -0.378 e. The van der Waals surface area contributed by atoms with Gasteiger partial charge in [0.15, 0.2) is 0 Å². The van der Waals surface area contributed by atoms with E-state index in [-0.39, 0.29) is 17.9 Å². The van der Waals surface area contributed by atoms with Crippen LogP contribution in [0.5, 0.6) is 0 Å². The van der Waals surface area contributed by atoms with Crippen LogP contribution in [0.4, 0.5) is 5.69 Å². The third kappa shape index (κ3) is 4.13. The average Bonchev–Trinajstić information content (AvgIpc) is 3.10. The zero-order chi connectivity index (χ0) is 16.9.